The molecule has 146 valence electrons. The highest BCUT2D eigenvalue weighted by Gasteiger charge is 2.17. The number of aromatic amines is 1. The molecule has 0 radical (unpaired) electrons. The predicted octanol–water partition coefficient (Wildman–Crippen LogP) is 4.02. The zero-order chi connectivity index (χ0) is 19.3. The summed E-state index contributed by atoms with van der Waals surface area (Å²) in [6.07, 6.45) is 7.67. The van der Waals surface area contributed by atoms with Crippen LogP contribution in [-0.4, -0.2) is 38.6 Å². The van der Waals surface area contributed by atoms with Crippen LogP contribution in [0.15, 0.2) is 30.6 Å². The van der Waals surface area contributed by atoms with Gasteiger partial charge in [0.15, 0.2) is 17.0 Å². The molecule has 1 fully saturated rings. The number of hydrogen-bond acceptors (Lipinski definition) is 7. The van der Waals surface area contributed by atoms with E-state index in [0.717, 1.165) is 18.5 Å². The van der Waals surface area contributed by atoms with Gasteiger partial charge in [0.1, 0.15) is 0 Å². The number of imidazole rings is 1. The number of aromatic nitrogens is 4. The Morgan fingerprint density at radius 1 is 1.18 bits per heavy atom. The van der Waals surface area contributed by atoms with Gasteiger partial charge in [-0.3, -0.25) is 0 Å². The fourth-order valence-electron chi connectivity index (χ4n) is 3.46. The third-order valence-electron chi connectivity index (χ3n) is 4.88. The molecule has 0 saturated heterocycles. The maximum absolute atomic E-state index is 11.8. The molecule has 4 rings (SSSR count). The lowest BCUT2D eigenvalue weighted by atomic mass is 9.96. The van der Waals surface area contributed by atoms with E-state index >= 15 is 0 Å². The van der Waals surface area contributed by atoms with Gasteiger partial charge >= 0.3 is 5.97 Å². The summed E-state index contributed by atoms with van der Waals surface area (Å²) in [6, 6.07) is 7.50. The Hall–Kier alpha value is -3.16. The van der Waals surface area contributed by atoms with Gasteiger partial charge in [0.05, 0.1) is 18.5 Å². The topological polar surface area (TPSA) is 105 Å². The molecule has 3 aromatic rings. The number of anilines is 3. The number of carbonyl (C=O) groups is 1. The Morgan fingerprint density at radius 2 is 1.96 bits per heavy atom. The first-order chi connectivity index (χ1) is 13.7. The minimum Gasteiger partial charge on any atom is -0.462 e. The lowest BCUT2D eigenvalue weighted by Gasteiger charge is -2.22. The molecule has 1 aromatic carbocycles. The fraction of sp³-hybridized carbons (Fsp3) is 0.400. The lowest BCUT2D eigenvalue weighted by molar-refractivity contribution is 0.0526. The van der Waals surface area contributed by atoms with Crippen molar-refractivity contribution in [2.75, 3.05) is 17.2 Å². The van der Waals surface area contributed by atoms with Crippen molar-refractivity contribution in [3.05, 3.63) is 36.2 Å². The van der Waals surface area contributed by atoms with Crippen LogP contribution in [0.2, 0.25) is 0 Å². The van der Waals surface area contributed by atoms with Crippen molar-refractivity contribution < 1.29 is 9.53 Å². The summed E-state index contributed by atoms with van der Waals surface area (Å²) < 4.78 is 5.02. The van der Waals surface area contributed by atoms with Crippen LogP contribution >= 0.6 is 0 Å². The smallest absolute Gasteiger partial charge is 0.338 e. The van der Waals surface area contributed by atoms with E-state index in [9.17, 15) is 4.79 Å². The average molecular weight is 380 g/mol. The van der Waals surface area contributed by atoms with Gasteiger partial charge < -0.3 is 20.4 Å². The van der Waals surface area contributed by atoms with Gasteiger partial charge in [-0.1, -0.05) is 19.3 Å². The summed E-state index contributed by atoms with van der Waals surface area (Å²) in [5, 5.41) is 6.74. The van der Waals surface area contributed by atoms with Gasteiger partial charge in [-0.25, -0.2) is 9.78 Å². The third-order valence-corrected chi connectivity index (χ3v) is 4.88. The molecule has 0 amide bonds. The standard InChI is InChI=1S/C20H24N6O2/c1-2-28-19(27)13-8-10-15(11-9-13)23-18-16-17(22-12-21-16)25-20(26-18)24-14-6-4-3-5-7-14/h8-12,14H,2-7H2,1H3,(H3,21,22,23,24,25,26). The Balaban J connectivity index is 1.55. The summed E-state index contributed by atoms with van der Waals surface area (Å²) in [5.41, 5.74) is 2.67. The van der Waals surface area contributed by atoms with Crippen LogP contribution in [0.5, 0.6) is 0 Å². The molecule has 0 unspecified atom stereocenters. The molecule has 1 aliphatic carbocycles. The van der Waals surface area contributed by atoms with Crippen LogP contribution in [-0.2, 0) is 4.74 Å². The zero-order valence-electron chi connectivity index (χ0n) is 15.9. The Bertz CT molecular complexity index is 947. The van der Waals surface area contributed by atoms with Crippen LogP contribution in [0.3, 0.4) is 0 Å². The molecule has 2 aromatic heterocycles. The van der Waals surface area contributed by atoms with Crippen LogP contribution in [0.4, 0.5) is 17.5 Å². The average Bonchev–Trinajstić information content (AvgIpc) is 3.18. The summed E-state index contributed by atoms with van der Waals surface area (Å²) in [4.78, 5) is 28.4. The highest BCUT2D eigenvalue weighted by Crippen LogP contribution is 2.25. The van der Waals surface area contributed by atoms with Gasteiger partial charge in [0, 0.05) is 11.7 Å². The van der Waals surface area contributed by atoms with Crippen LogP contribution in [0, 0.1) is 0 Å². The largest absolute Gasteiger partial charge is 0.462 e. The van der Waals surface area contributed by atoms with E-state index in [2.05, 4.69) is 30.6 Å². The van der Waals surface area contributed by atoms with Crippen molar-refractivity contribution in [2.45, 2.75) is 45.1 Å². The van der Waals surface area contributed by atoms with E-state index < -0.39 is 0 Å². The SMILES string of the molecule is CCOC(=O)c1ccc(Nc2nc(NC3CCCCC3)nc3[nH]cnc23)cc1. The van der Waals surface area contributed by atoms with Crippen molar-refractivity contribution in [1.82, 2.24) is 19.9 Å². The molecule has 1 aliphatic rings. The molecule has 0 spiro atoms. The molecular formula is C20H24N6O2. The Morgan fingerprint density at radius 3 is 2.71 bits per heavy atom. The number of nitrogens with one attached hydrogen (secondary N) is 3. The molecular weight excluding hydrogens is 356 g/mol. The first-order valence-electron chi connectivity index (χ1n) is 9.75. The van der Waals surface area contributed by atoms with Crippen LogP contribution < -0.4 is 10.6 Å². The molecule has 28 heavy (non-hydrogen) atoms. The fourth-order valence-corrected chi connectivity index (χ4v) is 3.46. The lowest BCUT2D eigenvalue weighted by Crippen LogP contribution is -2.23. The first kappa shape index (κ1) is 18.2. The van der Waals surface area contributed by atoms with E-state index in [1.54, 1.807) is 25.4 Å². The van der Waals surface area contributed by atoms with E-state index in [1.807, 2.05) is 12.1 Å². The maximum Gasteiger partial charge on any atom is 0.338 e. The van der Waals surface area contributed by atoms with Crippen molar-refractivity contribution in [3.63, 3.8) is 0 Å². The highest BCUT2D eigenvalue weighted by molar-refractivity contribution is 5.90. The van der Waals surface area contributed by atoms with Gasteiger partial charge in [-0.2, -0.15) is 9.97 Å². The van der Waals surface area contributed by atoms with Crippen LogP contribution in [0.1, 0.15) is 49.4 Å². The summed E-state index contributed by atoms with van der Waals surface area (Å²) in [6.45, 7) is 2.14. The van der Waals surface area contributed by atoms with E-state index in [-0.39, 0.29) is 5.97 Å². The predicted molar refractivity (Wildman–Crippen MR) is 108 cm³/mol. The minimum atomic E-state index is -0.329. The van der Waals surface area contributed by atoms with Crippen molar-refractivity contribution in [1.29, 1.82) is 0 Å². The second-order valence-corrected chi connectivity index (χ2v) is 6.90. The van der Waals surface area contributed by atoms with E-state index in [0.29, 0.717) is 41.1 Å². The number of rotatable bonds is 6. The molecule has 0 bridgehead atoms. The highest BCUT2D eigenvalue weighted by atomic mass is 16.5. The molecule has 8 nitrogen and oxygen atoms in total. The summed E-state index contributed by atoms with van der Waals surface area (Å²) in [5.74, 6) is 0.882. The first-order valence-corrected chi connectivity index (χ1v) is 9.75. The van der Waals surface area contributed by atoms with Gasteiger partial charge in [0.2, 0.25) is 5.95 Å². The number of fused-ring (bicyclic) bond motifs is 1. The van der Waals surface area contributed by atoms with Gasteiger partial charge in [-0.15, -0.1) is 0 Å². The van der Waals surface area contributed by atoms with Crippen molar-refractivity contribution >= 4 is 34.6 Å². The number of benzene rings is 1. The normalized spacial score (nSPS) is 14.8. The second-order valence-electron chi connectivity index (χ2n) is 6.90. The molecule has 8 heteroatoms. The number of nitrogens with zero attached hydrogens (tertiary/aromatic N) is 3. The second kappa shape index (κ2) is 8.24. The molecule has 3 N–H and O–H groups in total. The Labute approximate surface area is 163 Å². The van der Waals surface area contributed by atoms with Crippen molar-refractivity contribution in [2.24, 2.45) is 0 Å². The summed E-state index contributed by atoms with van der Waals surface area (Å²) in [7, 11) is 0. The van der Waals surface area contributed by atoms with Gasteiger partial charge in [-0.05, 0) is 44.0 Å². The Kier molecular flexibility index (Phi) is 5.36. The molecule has 1 saturated carbocycles. The number of ether oxygens (including phenoxy) is 1. The third kappa shape index (κ3) is 4.05. The molecule has 0 aliphatic heterocycles. The van der Waals surface area contributed by atoms with E-state index in [1.165, 1.54) is 19.3 Å². The zero-order valence-corrected chi connectivity index (χ0v) is 15.9. The molecule has 0 atom stereocenters. The van der Waals surface area contributed by atoms with Crippen LogP contribution in [0.25, 0.3) is 11.2 Å². The van der Waals surface area contributed by atoms with Crippen molar-refractivity contribution in [3.8, 4) is 0 Å². The number of H-pyrrole nitrogens is 1. The molecule has 2 heterocycles. The summed E-state index contributed by atoms with van der Waals surface area (Å²) >= 11 is 0. The quantitative estimate of drug-likeness (QED) is 0.555. The number of carbonyl (C=O) groups excluding carboxylic acids is 1. The minimum absolute atomic E-state index is 0.329. The monoisotopic (exact) mass is 380 g/mol. The maximum atomic E-state index is 11.8. The number of esters is 1. The van der Waals surface area contributed by atoms with Gasteiger partial charge in [0.25, 0.3) is 0 Å². The van der Waals surface area contributed by atoms with E-state index in [4.69, 9.17) is 4.74 Å². The number of hydrogen-bond donors (Lipinski definition) is 3.